The van der Waals surface area contributed by atoms with E-state index in [1.54, 1.807) is 136 Å². The van der Waals surface area contributed by atoms with Crippen LogP contribution in [0.4, 0.5) is 0 Å². The molecule has 0 nitrogen and oxygen atoms in total. The first-order valence-corrected chi connectivity index (χ1v) is 14.8. The van der Waals surface area contributed by atoms with Gasteiger partial charge in [0.05, 0.1) is 0 Å². The summed E-state index contributed by atoms with van der Waals surface area (Å²) in [4.78, 5) is 0. The van der Waals surface area contributed by atoms with E-state index in [1.807, 2.05) is 0 Å². The lowest BCUT2D eigenvalue weighted by atomic mass is 9.72. The smallest absolute Gasteiger partial charge is 0.0177 e. The first-order chi connectivity index (χ1) is 19.3. The van der Waals surface area contributed by atoms with E-state index in [0.29, 0.717) is 11.8 Å². The molecule has 0 N–H and O–H groups in total. The van der Waals surface area contributed by atoms with Crippen molar-refractivity contribution in [3.05, 3.63) is 75.4 Å². The highest BCUT2D eigenvalue weighted by molar-refractivity contribution is 6.62. The molecule has 11 aromatic carbocycles. The Morgan fingerprint density at radius 1 is 0.410 bits per heavy atom. The summed E-state index contributed by atoms with van der Waals surface area (Å²) in [6.45, 7) is 0. The second-order valence-electron chi connectivity index (χ2n) is 14.2. The summed E-state index contributed by atoms with van der Waals surface area (Å²) in [7, 11) is 0. The van der Waals surface area contributed by atoms with E-state index >= 15 is 0 Å². The van der Waals surface area contributed by atoms with Crippen LogP contribution in [0.3, 0.4) is 0 Å². The molecule has 0 radical (unpaired) electrons. The zero-order valence-corrected chi connectivity index (χ0v) is 20.7. The maximum Gasteiger partial charge on any atom is 0.0177 e. The average molecular weight is 483 g/mol. The van der Waals surface area contributed by atoms with Crippen LogP contribution in [-0.2, 0) is 19.3 Å². The van der Waals surface area contributed by atoms with Gasteiger partial charge in [0.1, 0.15) is 0 Å². The molecule has 2 unspecified atom stereocenters. The molecule has 0 aromatic heterocycles. The van der Waals surface area contributed by atoms with Gasteiger partial charge in [-0.1, -0.05) is 24.3 Å². The van der Waals surface area contributed by atoms with Crippen molar-refractivity contribution in [3.63, 3.8) is 0 Å². The molecule has 0 bridgehead atoms. The number of allylic oxidation sites excluding steroid dienone is 2. The zero-order chi connectivity index (χ0) is 23.7. The summed E-state index contributed by atoms with van der Waals surface area (Å²) in [5.74, 6) is 1.20. The zero-order valence-electron chi connectivity index (χ0n) is 20.7. The van der Waals surface area contributed by atoms with Crippen molar-refractivity contribution in [1.82, 2.24) is 0 Å². The van der Waals surface area contributed by atoms with E-state index in [9.17, 15) is 0 Å². The second kappa shape index (κ2) is 3.98. The molecule has 0 amide bonds. The van der Waals surface area contributed by atoms with Crippen molar-refractivity contribution in [2.24, 2.45) is 5.92 Å². The van der Waals surface area contributed by atoms with Gasteiger partial charge in [0.2, 0.25) is 0 Å². The van der Waals surface area contributed by atoms with Crippen LogP contribution in [0.1, 0.15) is 44.9 Å². The molecule has 2 atom stereocenters. The van der Waals surface area contributed by atoms with Crippen molar-refractivity contribution in [2.45, 2.75) is 25.2 Å². The largest absolute Gasteiger partial charge is 0.0760 e. The fourth-order valence-corrected chi connectivity index (χ4v) is 12.5. The molecule has 0 saturated carbocycles. The molecule has 0 heterocycles. The van der Waals surface area contributed by atoms with Gasteiger partial charge >= 0.3 is 0 Å². The Morgan fingerprint density at radius 3 is 1.77 bits per heavy atom. The minimum Gasteiger partial charge on any atom is -0.0760 e. The third-order valence-corrected chi connectivity index (χ3v) is 13.1. The standard InChI is InChI=1S/C39H14/c1-10-4-16-6-12-2-14-8-18-9-15-3-13-7-17-5-11(1)20-19(10)28-25(16)30-21(12)23(14)32-27(18)33-24(15)22(13)31-26(17)29(20)35-34(28)36(30)38(32)39(33)37(31)35/h1-2,4,6-7,9,13,22H,3,5,8H2. The van der Waals surface area contributed by atoms with Crippen molar-refractivity contribution in [1.29, 1.82) is 0 Å². The molecule has 170 valence electrons. The first kappa shape index (κ1) is 15.9. The molecular weight excluding hydrogens is 468 g/mol. The number of benzene rings is 6. The van der Waals surface area contributed by atoms with Gasteiger partial charge in [-0.25, -0.2) is 0 Å². The van der Waals surface area contributed by atoms with Crippen LogP contribution in [0.25, 0.3) is 113 Å². The van der Waals surface area contributed by atoms with Gasteiger partial charge in [-0.15, -0.1) is 0 Å². The van der Waals surface area contributed by atoms with Gasteiger partial charge in [-0.3, -0.25) is 0 Å². The van der Waals surface area contributed by atoms with Crippen LogP contribution in [-0.4, -0.2) is 0 Å². The Hall–Kier alpha value is -4.42. The lowest BCUT2D eigenvalue weighted by Crippen LogP contribution is -2.16. The van der Waals surface area contributed by atoms with Crippen molar-refractivity contribution < 1.29 is 0 Å². The summed E-state index contributed by atoms with van der Waals surface area (Å²) in [5.41, 5.74) is 13.3. The predicted octanol–water partition coefficient (Wildman–Crippen LogP) is 9.76. The predicted molar refractivity (Wildman–Crippen MR) is 163 cm³/mol. The van der Waals surface area contributed by atoms with Crippen LogP contribution in [0, 0.1) is 5.92 Å². The van der Waals surface area contributed by atoms with Crippen molar-refractivity contribution in [3.8, 4) is 0 Å². The Kier molecular flexibility index (Phi) is 1.62. The van der Waals surface area contributed by atoms with Gasteiger partial charge in [0.25, 0.3) is 0 Å². The highest BCUT2D eigenvalue weighted by atomic mass is 14.5. The highest BCUT2D eigenvalue weighted by Crippen LogP contribution is 2.70. The fraction of sp³-hybridized carbons (Fsp3) is 0.128. The van der Waals surface area contributed by atoms with E-state index in [1.165, 1.54) is 22.6 Å². The molecule has 0 saturated heterocycles. The van der Waals surface area contributed by atoms with Crippen LogP contribution in [0.2, 0.25) is 0 Å². The topological polar surface area (TPSA) is 0 Å². The van der Waals surface area contributed by atoms with Crippen molar-refractivity contribution >= 4 is 113 Å². The summed E-state index contributed by atoms with van der Waals surface area (Å²) in [6.07, 6.45) is 6.21. The van der Waals surface area contributed by atoms with Crippen molar-refractivity contribution in [2.75, 3.05) is 0 Å². The number of hydrogen-bond acceptors (Lipinski definition) is 0. The lowest BCUT2D eigenvalue weighted by Gasteiger charge is -2.31. The molecular formula is C39H14. The molecule has 0 heteroatoms. The minimum absolute atomic E-state index is 0.569. The Balaban J connectivity index is 1.51. The second-order valence-corrected chi connectivity index (χ2v) is 14.2. The van der Waals surface area contributed by atoms with Gasteiger partial charge < -0.3 is 0 Å². The summed E-state index contributed by atoms with van der Waals surface area (Å²) in [5, 5.41) is 32.2. The summed E-state index contributed by atoms with van der Waals surface area (Å²) < 4.78 is 0. The van der Waals surface area contributed by atoms with E-state index in [0.717, 1.165) is 12.8 Å². The van der Waals surface area contributed by atoms with Gasteiger partial charge in [0.15, 0.2) is 0 Å². The maximum absolute atomic E-state index is 2.76. The summed E-state index contributed by atoms with van der Waals surface area (Å²) >= 11 is 0. The Labute approximate surface area is 219 Å². The Bertz CT molecular complexity index is 3160. The van der Waals surface area contributed by atoms with E-state index in [-0.39, 0.29) is 0 Å². The van der Waals surface area contributed by atoms with Crippen LogP contribution in [0.5, 0.6) is 0 Å². The molecule has 11 aromatic rings. The third kappa shape index (κ3) is 1.09. The normalized spacial score (nSPS) is 22.2. The number of hydrogen-bond donors (Lipinski definition) is 0. The molecule has 0 fully saturated rings. The third-order valence-electron chi connectivity index (χ3n) is 13.1. The first-order valence-electron chi connectivity index (χ1n) is 14.8. The minimum atomic E-state index is 0.569. The van der Waals surface area contributed by atoms with Crippen LogP contribution in [0.15, 0.2) is 36.4 Å². The molecule has 0 spiro atoms. The Morgan fingerprint density at radius 2 is 0.949 bits per heavy atom. The molecule has 0 aliphatic heterocycles. The maximum atomic E-state index is 2.76. The SMILES string of the molecule is C1=C2Cc3cc4cc5cc6cc7c8c6c6c5c5c4c3c3c2c2c4c9c%10c%11c(cc(c%10c8c9c6c5c34)C7)CC1C%112. The van der Waals surface area contributed by atoms with Crippen LogP contribution < -0.4 is 0 Å². The lowest BCUT2D eigenvalue weighted by molar-refractivity contribution is 0.617. The number of rotatable bonds is 0. The average Bonchev–Trinajstić information content (AvgIpc) is 3.74. The fourth-order valence-electron chi connectivity index (χ4n) is 12.5. The van der Waals surface area contributed by atoms with Gasteiger partial charge in [-0.05, 0) is 190 Å². The van der Waals surface area contributed by atoms with E-state index < -0.39 is 0 Å². The van der Waals surface area contributed by atoms with Crippen LogP contribution >= 0.6 is 0 Å². The van der Waals surface area contributed by atoms with Gasteiger partial charge in [-0.2, -0.15) is 0 Å². The molecule has 5 aliphatic carbocycles. The van der Waals surface area contributed by atoms with Gasteiger partial charge in [0, 0.05) is 5.92 Å². The molecule has 39 heavy (non-hydrogen) atoms. The molecule has 5 aliphatic rings. The van der Waals surface area contributed by atoms with E-state index in [4.69, 9.17) is 0 Å². The summed E-state index contributed by atoms with van der Waals surface area (Å²) in [6, 6.07) is 13.0. The monoisotopic (exact) mass is 482 g/mol. The highest BCUT2D eigenvalue weighted by Gasteiger charge is 2.48. The van der Waals surface area contributed by atoms with E-state index in [2.05, 4.69) is 36.4 Å². The molecule has 16 rings (SSSR count). The quantitative estimate of drug-likeness (QED) is 0.189.